The predicted molar refractivity (Wildman–Crippen MR) is 123 cm³/mol. The van der Waals surface area contributed by atoms with Gasteiger partial charge >= 0.3 is 0 Å². The Balaban J connectivity index is 1.35. The topological polar surface area (TPSA) is 68.2 Å². The van der Waals surface area contributed by atoms with Crippen LogP contribution in [0.4, 0.5) is 0 Å². The van der Waals surface area contributed by atoms with Gasteiger partial charge in [0.15, 0.2) is 11.5 Å². The molecule has 2 aliphatic carbocycles. The van der Waals surface area contributed by atoms with Crippen LogP contribution in [0.15, 0.2) is 64.2 Å². The highest BCUT2D eigenvalue weighted by atomic mass is 79.9. The number of carbonyl (C=O) groups excluding carboxylic acids is 2. The van der Waals surface area contributed by atoms with Crippen molar-refractivity contribution < 1.29 is 19.1 Å². The summed E-state index contributed by atoms with van der Waals surface area (Å²) in [5.41, 5.74) is 1.75. The van der Waals surface area contributed by atoms with E-state index >= 15 is 0 Å². The molecule has 1 saturated carbocycles. The number of hydrogen-bond acceptors (Lipinski definition) is 5. The largest absolute Gasteiger partial charge is 0.490 e. The van der Waals surface area contributed by atoms with E-state index in [2.05, 4.69) is 33.2 Å². The van der Waals surface area contributed by atoms with Crippen LogP contribution in [0.3, 0.4) is 0 Å². The molecule has 1 heterocycles. The number of amides is 2. The van der Waals surface area contributed by atoms with Crippen molar-refractivity contribution in [3.63, 3.8) is 0 Å². The van der Waals surface area contributed by atoms with Gasteiger partial charge in [-0.3, -0.25) is 9.59 Å². The minimum absolute atomic E-state index is 0.168. The van der Waals surface area contributed by atoms with E-state index in [1.54, 1.807) is 6.07 Å². The van der Waals surface area contributed by atoms with Crippen LogP contribution >= 0.6 is 15.9 Å². The minimum Gasteiger partial charge on any atom is -0.490 e. The maximum Gasteiger partial charge on any atom is 0.254 e. The number of hydrogen-bond donors (Lipinski definition) is 0. The van der Waals surface area contributed by atoms with E-state index in [4.69, 9.17) is 9.47 Å². The molecule has 6 nitrogen and oxygen atoms in total. The van der Waals surface area contributed by atoms with Gasteiger partial charge in [0.2, 0.25) is 0 Å². The number of rotatable bonds is 7. The fourth-order valence-corrected chi connectivity index (χ4v) is 5.49. The summed E-state index contributed by atoms with van der Waals surface area (Å²) in [5, 5.41) is 5.32. The first-order valence-electron chi connectivity index (χ1n) is 10.8. The maximum absolute atomic E-state index is 12.8. The number of halogens is 1. The standard InChI is InChI=1S/C25H23BrN2O4/c1-2-31-20-11-16(10-19(26)23(20)32-14-15-6-4-3-5-7-15)13-27-28-24(29)21-17-8-9-18(12-17)22(21)25(28)30/h3-11,13,17-18,21-22H,2,12,14H2,1H3/b27-13-/t17-,18-,21+,22+/m0/s1. The average molecular weight is 495 g/mol. The second-order valence-electron chi connectivity index (χ2n) is 8.27. The molecular weight excluding hydrogens is 472 g/mol. The lowest BCUT2D eigenvalue weighted by Gasteiger charge is -2.15. The Hall–Kier alpha value is -2.93. The van der Waals surface area contributed by atoms with Crippen molar-refractivity contribution in [1.29, 1.82) is 0 Å². The van der Waals surface area contributed by atoms with Gasteiger partial charge < -0.3 is 9.47 Å². The quantitative estimate of drug-likeness (QED) is 0.321. The average Bonchev–Trinajstić information content (AvgIpc) is 3.47. The van der Waals surface area contributed by atoms with Crippen LogP contribution in [0.25, 0.3) is 0 Å². The minimum atomic E-state index is -0.255. The zero-order chi connectivity index (χ0) is 22.2. The molecule has 2 aromatic carbocycles. The van der Waals surface area contributed by atoms with Crippen molar-refractivity contribution in [3.05, 3.63) is 70.2 Å². The first-order valence-corrected chi connectivity index (χ1v) is 11.6. The van der Waals surface area contributed by atoms with E-state index in [1.807, 2.05) is 43.3 Å². The first-order chi connectivity index (χ1) is 15.6. The van der Waals surface area contributed by atoms with Gasteiger partial charge in [0.1, 0.15) is 6.61 Å². The molecule has 32 heavy (non-hydrogen) atoms. The van der Waals surface area contributed by atoms with Crippen molar-refractivity contribution in [2.45, 2.75) is 20.0 Å². The monoisotopic (exact) mass is 494 g/mol. The number of hydrazone groups is 1. The van der Waals surface area contributed by atoms with Gasteiger partial charge in [-0.15, -0.1) is 0 Å². The summed E-state index contributed by atoms with van der Waals surface area (Å²) in [6.07, 6.45) is 6.58. The summed E-state index contributed by atoms with van der Waals surface area (Å²) in [4.78, 5) is 25.6. The van der Waals surface area contributed by atoms with E-state index < -0.39 is 0 Å². The van der Waals surface area contributed by atoms with Gasteiger partial charge in [0, 0.05) is 0 Å². The van der Waals surface area contributed by atoms with E-state index in [0.29, 0.717) is 34.7 Å². The molecular formula is C25H23BrN2O4. The van der Waals surface area contributed by atoms with Crippen molar-refractivity contribution in [2.24, 2.45) is 28.8 Å². The lowest BCUT2D eigenvalue weighted by atomic mass is 9.85. The Morgan fingerprint density at radius 2 is 1.75 bits per heavy atom. The van der Waals surface area contributed by atoms with Gasteiger partial charge in [-0.1, -0.05) is 42.5 Å². The zero-order valence-electron chi connectivity index (χ0n) is 17.6. The maximum atomic E-state index is 12.8. The van der Waals surface area contributed by atoms with Crippen molar-refractivity contribution >= 4 is 34.0 Å². The molecule has 3 aliphatic rings. The Labute approximate surface area is 195 Å². The molecule has 5 rings (SSSR count). The molecule has 2 amide bonds. The number of carbonyl (C=O) groups is 2. The molecule has 0 radical (unpaired) electrons. The molecule has 164 valence electrons. The summed E-state index contributed by atoms with van der Waals surface area (Å²) in [7, 11) is 0. The first kappa shape index (κ1) is 20.9. The number of imide groups is 1. The van der Waals surface area contributed by atoms with Crippen molar-refractivity contribution in [2.75, 3.05) is 6.61 Å². The molecule has 4 atom stereocenters. The molecule has 0 N–H and O–H groups in total. The van der Waals surface area contributed by atoms with E-state index in [0.717, 1.165) is 17.0 Å². The summed E-state index contributed by atoms with van der Waals surface area (Å²) in [6.45, 7) is 2.78. The molecule has 2 bridgehead atoms. The predicted octanol–water partition coefficient (Wildman–Crippen LogP) is 4.57. The van der Waals surface area contributed by atoms with E-state index in [9.17, 15) is 9.59 Å². The lowest BCUT2D eigenvalue weighted by Crippen LogP contribution is -2.28. The third kappa shape index (κ3) is 3.64. The smallest absolute Gasteiger partial charge is 0.254 e. The molecule has 0 spiro atoms. The molecule has 1 aliphatic heterocycles. The highest BCUT2D eigenvalue weighted by Gasteiger charge is 2.59. The highest BCUT2D eigenvalue weighted by molar-refractivity contribution is 9.10. The zero-order valence-corrected chi connectivity index (χ0v) is 19.2. The van der Waals surface area contributed by atoms with Crippen LogP contribution in [0.1, 0.15) is 24.5 Å². The molecule has 1 saturated heterocycles. The fraction of sp³-hybridized carbons (Fsp3) is 0.320. The van der Waals surface area contributed by atoms with Gasteiger partial charge in [0.05, 0.1) is 29.1 Å². The number of fused-ring (bicyclic) bond motifs is 5. The number of ether oxygens (including phenoxy) is 2. The van der Waals surface area contributed by atoms with E-state index in [-0.39, 0.29) is 35.5 Å². The number of benzene rings is 2. The number of nitrogens with zero attached hydrogens (tertiary/aromatic N) is 2. The Morgan fingerprint density at radius 3 is 2.41 bits per heavy atom. The van der Waals surface area contributed by atoms with Crippen LogP contribution in [0, 0.1) is 23.7 Å². The number of allylic oxidation sites excluding steroid dienone is 2. The SMILES string of the molecule is CCOc1cc(/C=N\N2C(=O)[C@H]3[C@H](C2=O)[C@H]2C=C[C@H]3C2)cc(Br)c1OCc1ccccc1. The van der Waals surface area contributed by atoms with Crippen LogP contribution in [-0.2, 0) is 16.2 Å². The molecule has 0 aromatic heterocycles. The summed E-state index contributed by atoms with van der Waals surface area (Å²) in [5.74, 6) is 0.599. The Bertz CT molecular complexity index is 1080. The Kier molecular flexibility index (Phi) is 5.59. The highest BCUT2D eigenvalue weighted by Crippen LogP contribution is 2.52. The summed E-state index contributed by atoms with van der Waals surface area (Å²) < 4.78 is 12.5. The van der Waals surface area contributed by atoms with Crippen molar-refractivity contribution in [3.8, 4) is 11.5 Å². The third-order valence-corrected chi connectivity index (χ3v) is 6.92. The molecule has 7 heteroatoms. The van der Waals surface area contributed by atoms with Crippen LogP contribution in [0.5, 0.6) is 11.5 Å². The third-order valence-electron chi connectivity index (χ3n) is 6.33. The normalized spacial score (nSPS) is 25.8. The van der Waals surface area contributed by atoms with Gasteiger partial charge in [0.25, 0.3) is 11.8 Å². The van der Waals surface area contributed by atoms with Crippen molar-refractivity contribution in [1.82, 2.24) is 5.01 Å². The molecule has 0 unspecified atom stereocenters. The van der Waals surface area contributed by atoms with E-state index in [1.165, 1.54) is 6.21 Å². The second-order valence-corrected chi connectivity index (χ2v) is 9.12. The van der Waals surface area contributed by atoms with Crippen LogP contribution in [0.2, 0.25) is 0 Å². The summed E-state index contributed by atoms with van der Waals surface area (Å²) in [6, 6.07) is 13.5. The summed E-state index contributed by atoms with van der Waals surface area (Å²) >= 11 is 3.56. The van der Waals surface area contributed by atoms with Crippen LogP contribution < -0.4 is 9.47 Å². The van der Waals surface area contributed by atoms with Gasteiger partial charge in [-0.2, -0.15) is 10.1 Å². The fourth-order valence-electron chi connectivity index (χ4n) is 4.92. The molecule has 2 fully saturated rings. The Morgan fingerprint density at radius 1 is 1.06 bits per heavy atom. The van der Waals surface area contributed by atoms with Gasteiger partial charge in [-0.25, -0.2) is 0 Å². The van der Waals surface area contributed by atoms with Gasteiger partial charge in [-0.05, 0) is 64.4 Å². The second kappa shape index (κ2) is 8.54. The molecule has 2 aromatic rings. The lowest BCUT2D eigenvalue weighted by molar-refractivity contribution is -0.140. The van der Waals surface area contributed by atoms with Crippen LogP contribution in [-0.4, -0.2) is 29.6 Å².